The number of rotatable bonds is 9. The molecule has 0 aliphatic rings. The maximum Gasteiger partial charge on any atom is 0.161 e. The molecule has 0 saturated carbocycles. The van der Waals surface area contributed by atoms with Crippen LogP contribution < -0.4 is 30.4 Å². The lowest BCUT2D eigenvalue weighted by Gasteiger charge is -2.14. The first-order valence-corrected chi connectivity index (χ1v) is 7.76. The summed E-state index contributed by atoms with van der Waals surface area (Å²) in [5.74, 6) is 1.95. The maximum atomic E-state index is 7.45. The Morgan fingerprint density at radius 1 is 0.731 bits per heavy atom. The molecular weight excluding hydrogens is 336 g/mol. The van der Waals surface area contributed by atoms with Gasteiger partial charge in [-0.1, -0.05) is 0 Å². The van der Waals surface area contributed by atoms with Crippen LogP contribution in [0.2, 0.25) is 0 Å². The van der Waals surface area contributed by atoms with Crippen LogP contribution in [0.25, 0.3) is 0 Å². The van der Waals surface area contributed by atoms with Crippen molar-refractivity contribution in [3.8, 4) is 23.0 Å². The third kappa shape index (κ3) is 4.56. The molecule has 138 valence electrons. The summed E-state index contributed by atoms with van der Waals surface area (Å²) in [5, 5.41) is 14.9. The van der Waals surface area contributed by atoms with Crippen LogP contribution in [-0.4, -0.2) is 39.1 Å². The Hall–Kier alpha value is -3.42. The van der Waals surface area contributed by atoms with E-state index < -0.39 is 0 Å². The number of nitrogens with one attached hydrogen (secondary N) is 2. The summed E-state index contributed by atoms with van der Waals surface area (Å²) >= 11 is 0. The van der Waals surface area contributed by atoms with Crippen LogP contribution in [0.1, 0.15) is 11.1 Å². The number of benzene rings is 2. The van der Waals surface area contributed by atoms with E-state index in [0.29, 0.717) is 34.1 Å². The SMILES string of the molecule is COc1cc(C(=N)N)ccc1OCCOc1ccc(C(=N)N)cc1OC. The van der Waals surface area contributed by atoms with Crippen molar-refractivity contribution in [1.29, 1.82) is 10.8 Å². The molecule has 0 unspecified atom stereocenters. The molecule has 0 bridgehead atoms. The van der Waals surface area contributed by atoms with Crippen molar-refractivity contribution >= 4 is 11.7 Å². The van der Waals surface area contributed by atoms with Gasteiger partial charge in [-0.05, 0) is 36.4 Å². The van der Waals surface area contributed by atoms with E-state index in [-0.39, 0.29) is 24.9 Å². The molecule has 0 atom stereocenters. The highest BCUT2D eigenvalue weighted by Crippen LogP contribution is 2.29. The van der Waals surface area contributed by atoms with E-state index in [1.165, 1.54) is 14.2 Å². The summed E-state index contributed by atoms with van der Waals surface area (Å²) in [5.41, 5.74) is 12.0. The second-order valence-electron chi connectivity index (χ2n) is 5.26. The number of ether oxygens (including phenoxy) is 4. The monoisotopic (exact) mass is 358 g/mol. The largest absolute Gasteiger partial charge is 0.493 e. The summed E-state index contributed by atoms with van der Waals surface area (Å²) in [6, 6.07) is 10.0. The minimum absolute atomic E-state index is 0.0423. The van der Waals surface area contributed by atoms with Crippen molar-refractivity contribution < 1.29 is 18.9 Å². The molecule has 2 rings (SSSR count). The van der Waals surface area contributed by atoms with Gasteiger partial charge < -0.3 is 30.4 Å². The van der Waals surface area contributed by atoms with Gasteiger partial charge in [-0.2, -0.15) is 0 Å². The predicted octanol–water partition coefficient (Wildman–Crippen LogP) is 1.73. The molecule has 0 fully saturated rings. The molecule has 2 aromatic rings. The summed E-state index contributed by atoms with van der Waals surface area (Å²) in [7, 11) is 3.04. The molecule has 0 amide bonds. The topological polar surface area (TPSA) is 137 Å². The van der Waals surface area contributed by atoms with Gasteiger partial charge in [0.05, 0.1) is 14.2 Å². The van der Waals surface area contributed by atoms with E-state index in [1.54, 1.807) is 36.4 Å². The zero-order valence-corrected chi connectivity index (χ0v) is 14.7. The Morgan fingerprint density at radius 3 is 1.42 bits per heavy atom. The third-order valence-electron chi connectivity index (χ3n) is 3.55. The zero-order chi connectivity index (χ0) is 19.1. The van der Waals surface area contributed by atoms with Crippen molar-refractivity contribution in [2.45, 2.75) is 0 Å². The molecular formula is C18H22N4O4. The van der Waals surface area contributed by atoms with Crippen molar-refractivity contribution in [3.05, 3.63) is 47.5 Å². The van der Waals surface area contributed by atoms with Crippen LogP contribution >= 0.6 is 0 Å². The van der Waals surface area contributed by atoms with Crippen molar-refractivity contribution in [3.63, 3.8) is 0 Å². The Labute approximate surface area is 151 Å². The molecule has 0 aliphatic heterocycles. The van der Waals surface area contributed by atoms with Crippen LogP contribution in [0.3, 0.4) is 0 Å². The van der Waals surface area contributed by atoms with Crippen molar-refractivity contribution in [2.24, 2.45) is 11.5 Å². The molecule has 8 heteroatoms. The lowest BCUT2D eigenvalue weighted by molar-refractivity contribution is 0.206. The molecule has 6 N–H and O–H groups in total. The molecule has 0 saturated heterocycles. The van der Waals surface area contributed by atoms with Gasteiger partial charge in [-0.3, -0.25) is 10.8 Å². The standard InChI is InChI=1S/C18H22N4O4/c1-23-15-9-11(17(19)20)3-5-13(15)25-7-8-26-14-6-4-12(18(21)22)10-16(14)24-2/h3-6,9-10H,7-8H2,1-2H3,(H3,19,20)(H3,21,22). The van der Waals surface area contributed by atoms with Crippen molar-refractivity contribution in [1.82, 2.24) is 0 Å². The van der Waals surface area contributed by atoms with E-state index in [9.17, 15) is 0 Å². The molecule has 26 heavy (non-hydrogen) atoms. The quantitative estimate of drug-likeness (QED) is 0.306. The first-order chi connectivity index (χ1) is 12.5. The third-order valence-corrected chi connectivity index (χ3v) is 3.55. The Bertz CT molecular complexity index is 740. The van der Waals surface area contributed by atoms with Gasteiger partial charge in [0, 0.05) is 11.1 Å². The Kier molecular flexibility index (Phi) is 6.26. The fourth-order valence-corrected chi connectivity index (χ4v) is 2.21. The van der Waals surface area contributed by atoms with Gasteiger partial charge >= 0.3 is 0 Å². The summed E-state index contributed by atoms with van der Waals surface area (Å²) in [6.45, 7) is 0.542. The lowest BCUT2D eigenvalue weighted by atomic mass is 10.2. The van der Waals surface area contributed by atoms with Gasteiger partial charge in [0.25, 0.3) is 0 Å². The van der Waals surface area contributed by atoms with E-state index in [0.717, 1.165) is 0 Å². The highest BCUT2D eigenvalue weighted by atomic mass is 16.5. The van der Waals surface area contributed by atoms with E-state index in [1.807, 2.05) is 0 Å². The first kappa shape index (κ1) is 18.9. The van der Waals surface area contributed by atoms with Crippen LogP contribution in [0, 0.1) is 10.8 Å². The van der Waals surface area contributed by atoms with Gasteiger partial charge in [0.15, 0.2) is 23.0 Å². The van der Waals surface area contributed by atoms with Crippen LogP contribution in [0.5, 0.6) is 23.0 Å². The average molecular weight is 358 g/mol. The van der Waals surface area contributed by atoms with E-state index in [4.69, 9.17) is 41.2 Å². The lowest BCUT2D eigenvalue weighted by Crippen LogP contribution is -2.13. The molecule has 0 aromatic heterocycles. The molecule has 8 nitrogen and oxygen atoms in total. The number of nitrogens with two attached hydrogens (primary N) is 2. The summed E-state index contributed by atoms with van der Waals surface area (Å²) < 4.78 is 21.8. The fraction of sp³-hybridized carbons (Fsp3) is 0.222. The van der Waals surface area contributed by atoms with E-state index in [2.05, 4.69) is 0 Å². The number of nitrogen functional groups attached to an aromatic ring is 2. The number of hydrogen-bond acceptors (Lipinski definition) is 6. The van der Waals surface area contributed by atoms with Crippen molar-refractivity contribution in [2.75, 3.05) is 27.4 Å². The Balaban J connectivity index is 1.97. The number of methoxy groups -OCH3 is 2. The summed E-state index contributed by atoms with van der Waals surface area (Å²) in [4.78, 5) is 0. The minimum atomic E-state index is -0.0423. The molecule has 0 aliphatic carbocycles. The fourth-order valence-electron chi connectivity index (χ4n) is 2.21. The summed E-state index contributed by atoms with van der Waals surface area (Å²) in [6.07, 6.45) is 0. The van der Waals surface area contributed by atoms with Gasteiger partial charge in [-0.25, -0.2) is 0 Å². The molecule has 0 heterocycles. The second-order valence-corrected chi connectivity index (χ2v) is 5.26. The van der Waals surface area contributed by atoms with E-state index >= 15 is 0 Å². The highest BCUT2D eigenvalue weighted by Gasteiger charge is 2.09. The molecule has 2 aromatic carbocycles. The van der Waals surface area contributed by atoms with Gasteiger partial charge in [0.1, 0.15) is 24.9 Å². The maximum absolute atomic E-state index is 7.45. The smallest absolute Gasteiger partial charge is 0.161 e. The van der Waals surface area contributed by atoms with Gasteiger partial charge in [-0.15, -0.1) is 0 Å². The minimum Gasteiger partial charge on any atom is -0.493 e. The number of amidine groups is 2. The first-order valence-electron chi connectivity index (χ1n) is 7.76. The Morgan fingerprint density at radius 2 is 1.12 bits per heavy atom. The van der Waals surface area contributed by atoms with Crippen LogP contribution in [0.4, 0.5) is 0 Å². The predicted molar refractivity (Wildman–Crippen MR) is 99.0 cm³/mol. The normalized spacial score (nSPS) is 10.1. The van der Waals surface area contributed by atoms with Gasteiger partial charge in [0.2, 0.25) is 0 Å². The molecule has 0 radical (unpaired) electrons. The zero-order valence-electron chi connectivity index (χ0n) is 14.7. The average Bonchev–Trinajstić information content (AvgIpc) is 2.64. The highest BCUT2D eigenvalue weighted by molar-refractivity contribution is 5.96. The van der Waals surface area contributed by atoms with Crippen LogP contribution in [-0.2, 0) is 0 Å². The molecule has 0 spiro atoms. The second kappa shape index (κ2) is 8.61. The number of hydrogen-bond donors (Lipinski definition) is 4. The van der Waals surface area contributed by atoms with Crippen LogP contribution in [0.15, 0.2) is 36.4 Å².